The standard InChI is InChI=1S/C23H18BrN3O3S/c1-15-11-16(13-26(15)19-5-3-2-4-6-19)12-20-22(29)27(23(30)31-20)14-21(28)25-18-9-7-17(24)8-10-18/h2-13H,14H2,1H3,(H,25,28)/b20-12+. The van der Waals surface area contributed by atoms with Gasteiger partial charge in [-0.25, -0.2) is 0 Å². The first kappa shape index (κ1) is 21.1. The molecule has 0 saturated carbocycles. The maximum atomic E-state index is 12.7. The number of nitrogens with zero attached hydrogens (tertiary/aromatic N) is 2. The van der Waals surface area contributed by atoms with Gasteiger partial charge >= 0.3 is 0 Å². The number of anilines is 1. The van der Waals surface area contributed by atoms with Gasteiger partial charge in [-0.1, -0.05) is 34.1 Å². The van der Waals surface area contributed by atoms with Crippen molar-refractivity contribution < 1.29 is 14.4 Å². The number of carbonyl (C=O) groups is 3. The highest BCUT2D eigenvalue weighted by atomic mass is 79.9. The number of imide groups is 1. The van der Waals surface area contributed by atoms with Crippen LogP contribution in [0.5, 0.6) is 0 Å². The van der Waals surface area contributed by atoms with Crippen LogP contribution in [0.4, 0.5) is 10.5 Å². The molecule has 4 rings (SSSR count). The van der Waals surface area contributed by atoms with Gasteiger partial charge in [0.2, 0.25) is 5.91 Å². The van der Waals surface area contributed by atoms with E-state index in [2.05, 4.69) is 21.2 Å². The monoisotopic (exact) mass is 495 g/mol. The number of thioether (sulfide) groups is 1. The largest absolute Gasteiger partial charge is 0.325 e. The molecule has 1 aliphatic rings. The zero-order chi connectivity index (χ0) is 22.0. The number of aryl methyl sites for hydroxylation is 1. The molecule has 2 aromatic carbocycles. The summed E-state index contributed by atoms with van der Waals surface area (Å²) >= 11 is 4.17. The topological polar surface area (TPSA) is 71.4 Å². The molecule has 156 valence electrons. The second-order valence-electron chi connectivity index (χ2n) is 6.94. The van der Waals surface area contributed by atoms with E-state index in [4.69, 9.17) is 0 Å². The zero-order valence-electron chi connectivity index (χ0n) is 16.5. The van der Waals surface area contributed by atoms with Crippen LogP contribution in [0.2, 0.25) is 0 Å². The summed E-state index contributed by atoms with van der Waals surface area (Å²) in [4.78, 5) is 38.7. The van der Waals surface area contributed by atoms with Gasteiger partial charge in [-0.15, -0.1) is 0 Å². The van der Waals surface area contributed by atoms with Crippen molar-refractivity contribution in [1.29, 1.82) is 0 Å². The van der Waals surface area contributed by atoms with E-state index in [9.17, 15) is 14.4 Å². The summed E-state index contributed by atoms with van der Waals surface area (Å²) in [7, 11) is 0. The van der Waals surface area contributed by atoms with Crippen molar-refractivity contribution in [2.24, 2.45) is 0 Å². The lowest BCUT2D eigenvalue weighted by Crippen LogP contribution is -2.36. The van der Waals surface area contributed by atoms with Crippen molar-refractivity contribution >= 4 is 56.5 Å². The second kappa shape index (κ2) is 8.95. The minimum Gasteiger partial charge on any atom is -0.325 e. The lowest BCUT2D eigenvalue weighted by Gasteiger charge is -2.12. The average molecular weight is 496 g/mol. The molecule has 1 saturated heterocycles. The van der Waals surface area contributed by atoms with E-state index in [1.165, 1.54) is 0 Å². The molecule has 0 radical (unpaired) electrons. The first-order valence-corrected chi connectivity index (χ1v) is 11.1. The molecule has 0 spiro atoms. The minimum atomic E-state index is -0.467. The highest BCUT2D eigenvalue weighted by Gasteiger charge is 2.36. The fourth-order valence-electron chi connectivity index (χ4n) is 3.21. The van der Waals surface area contributed by atoms with Gasteiger partial charge in [-0.05, 0) is 72.8 Å². The van der Waals surface area contributed by atoms with Gasteiger partial charge in [-0.3, -0.25) is 19.3 Å². The van der Waals surface area contributed by atoms with Crippen molar-refractivity contribution in [2.45, 2.75) is 6.92 Å². The van der Waals surface area contributed by atoms with Gasteiger partial charge in [0.1, 0.15) is 6.54 Å². The molecule has 1 fully saturated rings. The Morgan fingerprint density at radius 1 is 1.10 bits per heavy atom. The number of amides is 3. The normalized spacial score (nSPS) is 15.0. The van der Waals surface area contributed by atoms with Gasteiger partial charge in [0.05, 0.1) is 4.91 Å². The summed E-state index contributed by atoms with van der Waals surface area (Å²) < 4.78 is 2.90. The summed E-state index contributed by atoms with van der Waals surface area (Å²) in [5.74, 6) is -0.900. The van der Waals surface area contributed by atoms with Crippen LogP contribution in [0.3, 0.4) is 0 Å². The van der Waals surface area contributed by atoms with Gasteiger partial charge in [0, 0.05) is 27.7 Å². The van der Waals surface area contributed by atoms with Gasteiger partial charge < -0.3 is 9.88 Å². The third kappa shape index (κ3) is 4.81. The molecule has 6 nitrogen and oxygen atoms in total. The van der Waals surface area contributed by atoms with E-state index in [1.54, 1.807) is 30.3 Å². The van der Waals surface area contributed by atoms with Crippen LogP contribution in [0.15, 0.2) is 76.2 Å². The Kier molecular flexibility index (Phi) is 6.11. The van der Waals surface area contributed by atoms with Gasteiger partial charge in [-0.2, -0.15) is 0 Å². The maximum Gasteiger partial charge on any atom is 0.294 e. The minimum absolute atomic E-state index is 0.298. The van der Waals surface area contributed by atoms with Gasteiger partial charge in [0.15, 0.2) is 0 Å². The smallest absolute Gasteiger partial charge is 0.294 e. The Morgan fingerprint density at radius 2 is 1.81 bits per heavy atom. The summed E-state index contributed by atoms with van der Waals surface area (Å²) in [6, 6.07) is 18.9. The van der Waals surface area contributed by atoms with Crippen molar-refractivity contribution in [3.05, 3.63) is 87.5 Å². The number of hydrogen-bond donors (Lipinski definition) is 1. The lowest BCUT2D eigenvalue weighted by molar-refractivity contribution is -0.127. The predicted molar refractivity (Wildman–Crippen MR) is 126 cm³/mol. The fraction of sp³-hybridized carbons (Fsp3) is 0.0870. The van der Waals surface area contributed by atoms with Crippen molar-refractivity contribution in [1.82, 2.24) is 9.47 Å². The molecule has 0 aliphatic carbocycles. The highest BCUT2D eigenvalue weighted by molar-refractivity contribution is 9.10. The Morgan fingerprint density at radius 3 is 2.52 bits per heavy atom. The van der Waals surface area contributed by atoms with E-state index in [0.717, 1.165) is 38.1 Å². The van der Waals surface area contributed by atoms with Crippen LogP contribution >= 0.6 is 27.7 Å². The maximum absolute atomic E-state index is 12.7. The predicted octanol–water partition coefficient (Wildman–Crippen LogP) is 5.22. The summed E-state index contributed by atoms with van der Waals surface area (Å²) in [6.45, 7) is 1.64. The van der Waals surface area contributed by atoms with E-state index in [1.807, 2.05) is 54.1 Å². The zero-order valence-corrected chi connectivity index (χ0v) is 18.9. The first-order valence-electron chi connectivity index (χ1n) is 9.46. The molecule has 2 heterocycles. The first-order chi connectivity index (χ1) is 14.9. The molecule has 1 N–H and O–H groups in total. The Bertz CT molecular complexity index is 1190. The van der Waals surface area contributed by atoms with Crippen LogP contribution in [0.1, 0.15) is 11.3 Å². The number of carbonyl (C=O) groups excluding carboxylic acids is 3. The third-order valence-corrected chi connectivity index (χ3v) is 6.11. The van der Waals surface area contributed by atoms with Crippen molar-refractivity contribution in [3.63, 3.8) is 0 Å². The number of para-hydroxylation sites is 1. The lowest BCUT2D eigenvalue weighted by atomic mass is 10.2. The quantitative estimate of drug-likeness (QED) is 0.492. The number of hydrogen-bond acceptors (Lipinski definition) is 4. The number of halogens is 1. The van der Waals surface area contributed by atoms with Gasteiger partial charge in [0.25, 0.3) is 11.1 Å². The molecular weight excluding hydrogens is 478 g/mol. The second-order valence-corrected chi connectivity index (χ2v) is 8.85. The molecule has 31 heavy (non-hydrogen) atoms. The summed E-state index contributed by atoms with van der Waals surface area (Å²) in [6.07, 6.45) is 3.60. The van der Waals surface area contributed by atoms with E-state index >= 15 is 0 Å². The fourth-order valence-corrected chi connectivity index (χ4v) is 4.31. The van der Waals surface area contributed by atoms with Crippen molar-refractivity contribution in [3.8, 4) is 5.69 Å². The van der Waals surface area contributed by atoms with Crippen LogP contribution in [-0.2, 0) is 9.59 Å². The van der Waals surface area contributed by atoms with E-state index in [-0.39, 0.29) is 6.54 Å². The molecule has 1 aromatic heterocycles. The molecular formula is C23H18BrN3O3S. The Hall–Kier alpha value is -3.10. The van der Waals surface area contributed by atoms with E-state index in [0.29, 0.717) is 10.6 Å². The molecule has 0 bridgehead atoms. The number of nitrogens with one attached hydrogen (secondary N) is 1. The Labute approximate surface area is 192 Å². The third-order valence-electron chi connectivity index (χ3n) is 4.67. The molecule has 3 aromatic rings. The number of rotatable bonds is 5. The molecule has 1 aliphatic heterocycles. The molecule has 3 amide bonds. The highest BCUT2D eigenvalue weighted by Crippen LogP contribution is 2.32. The summed E-state index contributed by atoms with van der Waals surface area (Å²) in [5.41, 5.74) is 3.42. The average Bonchev–Trinajstić information content (AvgIpc) is 3.24. The van der Waals surface area contributed by atoms with E-state index < -0.39 is 17.1 Å². The molecule has 0 unspecified atom stereocenters. The molecule has 8 heteroatoms. The SMILES string of the molecule is Cc1cc(/C=C2/SC(=O)N(CC(=O)Nc3ccc(Br)cc3)C2=O)cn1-c1ccccc1. The van der Waals surface area contributed by atoms with Crippen LogP contribution < -0.4 is 5.32 Å². The van der Waals surface area contributed by atoms with Crippen LogP contribution in [-0.4, -0.2) is 33.1 Å². The molecule has 0 atom stereocenters. The van der Waals surface area contributed by atoms with Crippen LogP contribution in [0.25, 0.3) is 11.8 Å². The number of benzene rings is 2. The van der Waals surface area contributed by atoms with Crippen molar-refractivity contribution in [2.75, 3.05) is 11.9 Å². The Balaban J connectivity index is 1.47. The summed E-state index contributed by atoms with van der Waals surface area (Å²) in [5, 5.41) is 2.24. The number of aromatic nitrogens is 1. The van der Waals surface area contributed by atoms with Crippen LogP contribution in [0, 0.1) is 6.92 Å².